The molecular weight excluding hydrogens is 310 g/mol. The first kappa shape index (κ1) is 15.8. The van der Waals surface area contributed by atoms with Gasteiger partial charge in [-0.2, -0.15) is 0 Å². The molecule has 4 rings (SSSR count). The van der Waals surface area contributed by atoms with Gasteiger partial charge in [0.1, 0.15) is 5.69 Å². The number of carbonyl (C=O) groups is 1. The molecule has 0 N–H and O–H groups in total. The number of esters is 1. The third-order valence-corrected chi connectivity index (χ3v) is 4.76. The Balaban J connectivity index is 1.97. The number of hydrogen-bond donors (Lipinski definition) is 0. The lowest BCUT2D eigenvalue weighted by Crippen LogP contribution is -2.08. The molecule has 0 radical (unpaired) electrons. The van der Waals surface area contributed by atoms with Crippen molar-refractivity contribution < 1.29 is 9.53 Å². The zero-order chi connectivity index (χ0) is 17.4. The molecule has 2 aromatic carbocycles. The number of ether oxygens (including phenoxy) is 1. The Morgan fingerprint density at radius 3 is 2.60 bits per heavy atom. The molecule has 1 fully saturated rings. The Hall–Kier alpha value is -2.68. The average Bonchev–Trinajstić information content (AvgIpc) is 3.47. The molecule has 3 nitrogen and oxygen atoms in total. The number of aromatic nitrogens is 1. The molecule has 1 heterocycles. The number of pyridine rings is 1. The molecule has 0 spiro atoms. The molecule has 1 saturated carbocycles. The first-order chi connectivity index (χ1) is 12.2. The molecule has 0 bridgehead atoms. The molecule has 1 aromatic heterocycles. The van der Waals surface area contributed by atoms with E-state index in [1.807, 2.05) is 38.1 Å². The zero-order valence-electron chi connectivity index (χ0n) is 14.6. The van der Waals surface area contributed by atoms with Crippen molar-refractivity contribution in [1.29, 1.82) is 0 Å². The van der Waals surface area contributed by atoms with Crippen LogP contribution in [0.25, 0.3) is 22.0 Å². The van der Waals surface area contributed by atoms with E-state index in [1.165, 1.54) is 18.4 Å². The largest absolute Gasteiger partial charge is 0.461 e. The van der Waals surface area contributed by atoms with Gasteiger partial charge in [-0.15, -0.1) is 0 Å². The van der Waals surface area contributed by atoms with Gasteiger partial charge in [0, 0.05) is 10.9 Å². The van der Waals surface area contributed by atoms with Crippen molar-refractivity contribution in [3.63, 3.8) is 0 Å². The van der Waals surface area contributed by atoms with Gasteiger partial charge in [-0.05, 0) is 67.5 Å². The van der Waals surface area contributed by atoms with Gasteiger partial charge in [-0.3, -0.25) is 0 Å². The molecule has 0 amide bonds. The Kier molecular flexibility index (Phi) is 4.00. The molecule has 126 valence electrons. The van der Waals surface area contributed by atoms with Gasteiger partial charge in [-0.1, -0.05) is 30.3 Å². The summed E-state index contributed by atoms with van der Waals surface area (Å²) in [6, 6.07) is 16.6. The van der Waals surface area contributed by atoms with Crippen LogP contribution in [0, 0.1) is 6.92 Å². The Bertz CT molecular complexity index is 943. The van der Waals surface area contributed by atoms with Crippen LogP contribution in [-0.2, 0) is 4.74 Å². The van der Waals surface area contributed by atoms with E-state index in [-0.39, 0.29) is 5.97 Å². The highest BCUT2D eigenvalue weighted by molar-refractivity contribution is 5.99. The van der Waals surface area contributed by atoms with Gasteiger partial charge >= 0.3 is 5.97 Å². The summed E-state index contributed by atoms with van der Waals surface area (Å²) in [5.41, 5.74) is 5.91. The van der Waals surface area contributed by atoms with Crippen LogP contribution in [0.15, 0.2) is 48.5 Å². The minimum absolute atomic E-state index is 0.351. The van der Waals surface area contributed by atoms with Crippen LogP contribution >= 0.6 is 0 Å². The normalized spacial score (nSPS) is 13.8. The Morgan fingerprint density at radius 2 is 1.92 bits per heavy atom. The minimum Gasteiger partial charge on any atom is -0.461 e. The first-order valence-corrected chi connectivity index (χ1v) is 8.85. The number of aryl methyl sites for hydroxylation is 1. The molecule has 25 heavy (non-hydrogen) atoms. The highest BCUT2D eigenvalue weighted by Gasteiger charge is 2.25. The summed E-state index contributed by atoms with van der Waals surface area (Å²) in [6.07, 6.45) is 2.51. The van der Waals surface area contributed by atoms with E-state index in [0.29, 0.717) is 18.2 Å². The first-order valence-electron chi connectivity index (χ1n) is 8.85. The standard InChI is InChI=1S/C22H21NO2/c1-3-25-22(24)20-11-14(2)18-12-17(15-9-10-15)13-19(21(18)23-20)16-7-5-4-6-8-16/h4-8,11-13,15H,3,9-10H2,1-2H3. The number of benzene rings is 2. The van der Waals surface area contributed by atoms with Crippen LogP contribution in [0.1, 0.15) is 47.3 Å². The van der Waals surface area contributed by atoms with Crippen LogP contribution < -0.4 is 0 Å². The van der Waals surface area contributed by atoms with Crippen molar-refractivity contribution in [3.8, 4) is 11.1 Å². The Morgan fingerprint density at radius 1 is 1.16 bits per heavy atom. The lowest BCUT2D eigenvalue weighted by Gasteiger charge is -2.13. The number of hydrogen-bond acceptors (Lipinski definition) is 3. The maximum absolute atomic E-state index is 12.2. The second kappa shape index (κ2) is 6.32. The zero-order valence-corrected chi connectivity index (χ0v) is 14.6. The molecule has 0 saturated heterocycles. The van der Waals surface area contributed by atoms with Crippen molar-refractivity contribution >= 4 is 16.9 Å². The minimum atomic E-state index is -0.363. The van der Waals surface area contributed by atoms with Crippen molar-refractivity contribution in [3.05, 3.63) is 65.4 Å². The predicted molar refractivity (Wildman–Crippen MR) is 99.8 cm³/mol. The lowest BCUT2D eigenvalue weighted by atomic mass is 9.95. The van der Waals surface area contributed by atoms with E-state index in [2.05, 4.69) is 29.2 Å². The van der Waals surface area contributed by atoms with Crippen LogP contribution in [0.5, 0.6) is 0 Å². The third kappa shape index (κ3) is 3.02. The second-order valence-electron chi connectivity index (χ2n) is 6.65. The SMILES string of the molecule is CCOC(=O)c1cc(C)c2cc(C3CC3)cc(-c3ccccc3)c2n1. The fraction of sp³-hybridized carbons (Fsp3) is 0.273. The topological polar surface area (TPSA) is 39.2 Å². The summed E-state index contributed by atoms with van der Waals surface area (Å²) in [5.74, 6) is 0.300. The van der Waals surface area contributed by atoms with E-state index in [0.717, 1.165) is 27.6 Å². The Labute approximate surface area is 147 Å². The van der Waals surface area contributed by atoms with Crippen LogP contribution in [0.2, 0.25) is 0 Å². The molecule has 3 heteroatoms. The van der Waals surface area contributed by atoms with Gasteiger partial charge in [-0.25, -0.2) is 9.78 Å². The quantitative estimate of drug-likeness (QED) is 0.612. The van der Waals surface area contributed by atoms with Crippen LogP contribution in [0.3, 0.4) is 0 Å². The van der Waals surface area contributed by atoms with E-state index < -0.39 is 0 Å². The summed E-state index contributed by atoms with van der Waals surface area (Å²) in [6.45, 7) is 4.20. The van der Waals surface area contributed by atoms with Gasteiger partial charge < -0.3 is 4.74 Å². The van der Waals surface area contributed by atoms with E-state index in [4.69, 9.17) is 4.74 Å². The summed E-state index contributed by atoms with van der Waals surface area (Å²) >= 11 is 0. The highest BCUT2D eigenvalue weighted by atomic mass is 16.5. The fourth-order valence-electron chi connectivity index (χ4n) is 3.31. The van der Waals surface area contributed by atoms with Crippen molar-refractivity contribution in [2.45, 2.75) is 32.6 Å². The molecule has 0 atom stereocenters. The molecule has 0 unspecified atom stereocenters. The molecular formula is C22H21NO2. The van der Waals surface area contributed by atoms with E-state index >= 15 is 0 Å². The second-order valence-corrected chi connectivity index (χ2v) is 6.65. The fourth-order valence-corrected chi connectivity index (χ4v) is 3.31. The van der Waals surface area contributed by atoms with E-state index in [1.54, 1.807) is 0 Å². The van der Waals surface area contributed by atoms with Gasteiger partial charge in [0.25, 0.3) is 0 Å². The average molecular weight is 331 g/mol. The van der Waals surface area contributed by atoms with Gasteiger partial charge in [0.05, 0.1) is 12.1 Å². The summed E-state index contributed by atoms with van der Waals surface area (Å²) < 4.78 is 5.15. The number of carbonyl (C=O) groups excluding carboxylic acids is 1. The highest BCUT2D eigenvalue weighted by Crippen LogP contribution is 2.43. The van der Waals surface area contributed by atoms with Crippen LogP contribution in [0.4, 0.5) is 0 Å². The maximum atomic E-state index is 12.2. The predicted octanol–water partition coefficient (Wildman–Crippen LogP) is 5.26. The molecule has 3 aromatic rings. The molecule has 0 aliphatic heterocycles. The maximum Gasteiger partial charge on any atom is 0.356 e. The number of rotatable bonds is 4. The summed E-state index contributed by atoms with van der Waals surface area (Å²) in [7, 11) is 0. The summed E-state index contributed by atoms with van der Waals surface area (Å²) in [5, 5.41) is 1.12. The van der Waals surface area contributed by atoms with Crippen molar-refractivity contribution in [1.82, 2.24) is 4.98 Å². The van der Waals surface area contributed by atoms with Crippen molar-refractivity contribution in [2.75, 3.05) is 6.61 Å². The number of fused-ring (bicyclic) bond motifs is 1. The van der Waals surface area contributed by atoms with Crippen LogP contribution in [-0.4, -0.2) is 17.6 Å². The monoisotopic (exact) mass is 331 g/mol. The molecule has 1 aliphatic carbocycles. The number of nitrogens with zero attached hydrogens (tertiary/aromatic N) is 1. The van der Waals surface area contributed by atoms with Gasteiger partial charge in [0.2, 0.25) is 0 Å². The molecule has 1 aliphatic rings. The third-order valence-electron chi connectivity index (χ3n) is 4.76. The van der Waals surface area contributed by atoms with Crippen molar-refractivity contribution in [2.24, 2.45) is 0 Å². The smallest absolute Gasteiger partial charge is 0.356 e. The lowest BCUT2D eigenvalue weighted by molar-refractivity contribution is 0.0520. The summed E-state index contributed by atoms with van der Waals surface area (Å²) in [4.78, 5) is 16.9. The van der Waals surface area contributed by atoms with Gasteiger partial charge in [0.15, 0.2) is 0 Å². The van der Waals surface area contributed by atoms with E-state index in [9.17, 15) is 4.79 Å².